The topological polar surface area (TPSA) is 75.0 Å². The average Bonchev–Trinajstić information content (AvgIpc) is 2.88. The van der Waals surface area contributed by atoms with Gasteiger partial charge in [-0.1, -0.05) is 19.1 Å². The molecular formula is C17H14FN2O3S-. The van der Waals surface area contributed by atoms with Crippen molar-refractivity contribution in [1.29, 1.82) is 0 Å². The Morgan fingerprint density at radius 3 is 2.62 bits per heavy atom. The number of rotatable bonds is 4. The maximum Gasteiger partial charge on any atom is 0.263 e. The standard InChI is InChI=1S/C17H15FN2O3S/c1-3-12(17(22)23)20-8-19-15-14(16(20)21)13(9(2)24-15)10-4-6-11(18)7-5-10/h4-8,12H,3H2,1-2H3,(H,22,23)/p-1/t12-/m1/s1. The molecule has 0 aliphatic rings. The number of aliphatic carboxylic acids is 1. The van der Waals surface area contributed by atoms with E-state index < -0.39 is 17.6 Å². The van der Waals surface area contributed by atoms with E-state index in [-0.39, 0.29) is 12.2 Å². The summed E-state index contributed by atoms with van der Waals surface area (Å²) in [4.78, 5) is 29.8. The van der Waals surface area contributed by atoms with Crippen LogP contribution in [0.15, 0.2) is 35.4 Å². The molecule has 1 aromatic carbocycles. The molecule has 0 bridgehead atoms. The van der Waals surface area contributed by atoms with Gasteiger partial charge in [-0.2, -0.15) is 0 Å². The fourth-order valence-electron chi connectivity index (χ4n) is 2.78. The molecule has 0 N–H and O–H groups in total. The summed E-state index contributed by atoms with van der Waals surface area (Å²) in [6, 6.07) is 4.76. The van der Waals surface area contributed by atoms with Crippen LogP contribution in [0, 0.1) is 12.7 Å². The van der Waals surface area contributed by atoms with Crippen molar-refractivity contribution in [3.63, 3.8) is 0 Å². The van der Waals surface area contributed by atoms with Crippen molar-refractivity contribution >= 4 is 27.5 Å². The first-order valence-corrected chi connectivity index (χ1v) is 8.22. The number of carbonyl (C=O) groups is 1. The predicted octanol–water partition coefficient (Wildman–Crippen LogP) is 2.27. The molecule has 5 nitrogen and oxygen atoms in total. The number of carbonyl (C=O) groups excluding carboxylic acids is 1. The van der Waals surface area contributed by atoms with E-state index in [0.717, 1.165) is 9.44 Å². The third kappa shape index (κ3) is 2.60. The first-order chi connectivity index (χ1) is 11.4. The van der Waals surface area contributed by atoms with Crippen LogP contribution >= 0.6 is 11.3 Å². The zero-order valence-electron chi connectivity index (χ0n) is 13.1. The number of carboxylic acids is 1. The molecule has 124 valence electrons. The van der Waals surface area contributed by atoms with Crippen molar-refractivity contribution in [2.45, 2.75) is 26.3 Å². The van der Waals surface area contributed by atoms with Gasteiger partial charge in [0.1, 0.15) is 10.6 Å². The Bertz CT molecular complexity index is 976. The molecule has 0 saturated carbocycles. The second-order valence-electron chi connectivity index (χ2n) is 5.42. The Kier molecular flexibility index (Phi) is 4.19. The molecule has 0 fully saturated rings. The highest BCUT2D eigenvalue weighted by Gasteiger charge is 2.20. The molecule has 1 atom stereocenters. The summed E-state index contributed by atoms with van der Waals surface area (Å²) in [6.45, 7) is 3.52. The van der Waals surface area contributed by atoms with Crippen molar-refractivity contribution in [1.82, 2.24) is 9.55 Å². The predicted molar refractivity (Wildman–Crippen MR) is 88.3 cm³/mol. The summed E-state index contributed by atoms with van der Waals surface area (Å²) in [5.41, 5.74) is 0.924. The van der Waals surface area contributed by atoms with Crippen LogP contribution in [0.1, 0.15) is 24.3 Å². The number of thiophene rings is 1. The van der Waals surface area contributed by atoms with Crippen LogP contribution in [0.5, 0.6) is 0 Å². The van der Waals surface area contributed by atoms with E-state index in [9.17, 15) is 19.1 Å². The molecule has 7 heteroatoms. The summed E-state index contributed by atoms with van der Waals surface area (Å²) in [7, 11) is 0. The molecule has 0 amide bonds. The van der Waals surface area contributed by atoms with Crippen LogP contribution in [0.2, 0.25) is 0 Å². The molecule has 24 heavy (non-hydrogen) atoms. The van der Waals surface area contributed by atoms with Gasteiger partial charge in [0, 0.05) is 10.4 Å². The van der Waals surface area contributed by atoms with Gasteiger partial charge in [-0.25, -0.2) is 9.37 Å². The van der Waals surface area contributed by atoms with Crippen LogP contribution < -0.4 is 10.7 Å². The maximum atomic E-state index is 13.2. The van der Waals surface area contributed by atoms with Crippen LogP contribution in [0.25, 0.3) is 21.3 Å². The Labute approximate surface area is 141 Å². The Morgan fingerprint density at radius 1 is 1.38 bits per heavy atom. The van der Waals surface area contributed by atoms with E-state index in [2.05, 4.69) is 4.98 Å². The van der Waals surface area contributed by atoms with Gasteiger partial charge in [0.2, 0.25) is 0 Å². The molecule has 0 spiro atoms. The molecule has 0 aliphatic heterocycles. The Balaban J connectivity index is 2.31. The molecule has 0 unspecified atom stereocenters. The lowest BCUT2D eigenvalue weighted by atomic mass is 10.0. The lowest BCUT2D eigenvalue weighted by Crippen LogP contribution is -2.37. The minimum Gasteiger partial charge on any atom is -0.548 e. The van der Waals surface area contributed by atoms with Gasteiger partial charge in [-0.3, -0.25) is 9.36 Å². The van der Waals surface area contributed by atoms with E-state index in [1.165, 1.54) is 29.8 Å². The molecule has 0 radical (unpaired) electrons. The Hall–Kier alpha value is -2.54. The first-order valence-electron chi connectivity index (χ1n) is 7.41. The number of halogens is 1. The van der Waals surface area contributed by atoms with Gasteiger partial charge in [0.25, 0.3) is 5.56 Å². The SMILES string of the molecule is CC[C@H](C(=O)[O-])n1cnc2sc(C)c(-c3ccc(F)cc3)c2c1=O. The van der Waals surface area contributed by atoms with Crippen molar-refractivity contribution < 1.29 is 14.3 Å². The number of nitrogens with zero attached hydrogens (tertiary/aromatic N) is 2. The van der Waals surface area contributed by atoms with Crippen molar-refractivity contribution in [2.24, 2.45) is 0 Å². The van der Waals surface area contributed by atoms with Gasteiger partial charge < -0.3 is 9.90 Å². The monoisotopic (exact) mass is 345 g/mol. The molecule has 0 saturated heterocycles. The first kappa shape index (κ1) is 16.3. The largest absolute Gasteiger partial charge is 0.548 e. The highest BCUT2D eigenvalue weighted by molar-refractivity contribution is 7.19. The fourth-order valence-corrected chi connectivity index (χ4v) is 3.78. The number of hydrogen-bond acceptors (Lipinski definition) is 5. The van der Waals surface area contributed by atoms with E-state index in [4.69, 9.17) is 0 Å². The van der Waals surface area contributed by atoms with Crippen LogP contribution in [-0.2, 0) is 4.79 Å². The van der Waals surface area contributed by atoms with E-state index >= 15 is 0 Å². The Morgan fingerprint density at radius 2 is 2.04 bits per heavy atom. The molecule has 3 rings (SSSR count). The van der Waals surface area contributed by atoms with Crippen LogP contribution in [0.4, 0.5) is 4.39 Å². The number of benzene rings is 1. The molecule has 2 heterocycles. The number of aryl methyl sites for hydroxylation is 1. The normalized spacial score (nSPS) is 12.5. The van der Waals surface area contributed by atoms with Gasteiger partial charge in [-0.15, -0.1) is 11.3 Å². The summed E-state index contributed by atoms with van der Waals surface area (Å²) in [6.07, 6.45) is 1.46. The van der Waals surface area contributed by atoms with Gasteiger partial charge >= 0.3 is 0 Å². The quantitative estimate of drug-likeness (QED) is 0.727. The van der Waals surface area contributed by atoms with Crippen molar-refractivity contribution in [2.75, 3.05) is 0 Å². The number of carboxylic acid groups (broad SMARTS) is 1. The van der Waals surface area contributed by atoms with E-state index in [0.29, 0.717) is 21.3 Å². The second-order valence-corrected chi connectivity index (χ2v) is 6.62. The summed E-state index contributed by atoms with van der Waals surface area (Å²) in [5.74, 6) is -1.69. The molecule has 0 aliphatic carbocycles. The summed E-state index contributed by atoms with van der Waals surface area (Å²) < 4.78 is 14.3. The summed E-state index contributed by atoms with van der Waals surface area (Å²) >= 11 is 1.35. The minimum atomic E-state index is -1.32. The smallest absolute Gasteiger partial charge is 0.263 e. The van der Waals surface area contributed by atoms with Crippen molar-refractivity contribution in [3.05, 3.63) is 51.6 Å². The summed E-state index contributed by atoms with van der Waals surface area (Å²) in [5, 5.41) is 11.6. The highest BCUT2D eigenvalue weighted by atomic mass is 32.1. The van der Waals surface area contributed by atoms with Gasteiger partial charge in [0.05, 0.1) is 23.7 Å². The number of fused-ring (bicyclic) bond motifs is 1. The third-order valence-corrected chi connectivity index (χ3v) is 4.95. The zero-order valence-corrected chi connectivity index (χ0v) is 13.9. The lowest BCUT2D eigenvalue weighted by Gasteiger charge is -2.18. The van der Waals surface area contributed by atoms with Crippen molar-refractivity contribution in [3.8, 4) is 11.1 Å². The van der Waals surface area contributed by atoms with Crippen LogP contribution in [0.3, 0.4) is 0 Å². The van der Waals surface area contributed by atoms with Gasteiger partial charge in [-0.05, 0) is 31.0 Å². The lowest BCUT2D eigenvalue weighted by molar-refractivity contribution is -0.310. The fraction of sp³-hybridized carbons (Fsp3) is 0.235. The van der Waals surface area contributed by atoms with Crippen LogP contribution in [-0.4, -0.2) is 15.5 Å². The minimum absolute atomic E-state index is 0.213. The second kappa shape index (κ2) is 6.16. The number of aromatic nitrogens is 2. The third-order valence-electron chi connectivity index (χ3n) is 3.94. The highest BCUT2D eigenvalue weighted by Crippen LogP contribution is 2.35. The number of hydrogen-bond donors (Lipinski definition) is 0. The van der Waals surface area contributed by atoms with E-state index in [1.807, 2.05) is 6.92 Å². The zero-order chi connectivity index (χ0) is 17.4. The molecular weight excluding hydrogens is 331 g/mol. The maximum absolute atomic E-state index is 13.2. The van der Waals surface area contributed by atoms with E-state index in [1.54, 1.807) is 19.1 Å². The molecule has 2 aromatic heterocycles. The van der Waals surface area contributed by atoms with Gasteiger partial charge in [0.15, 0.2) is 0 Å². The average molecular weight is 345 g/mol. The molecule has 3 aromatic rings.